The second-order valence-electron chi connectivity index (χ2n) is 5.21. The van der Waals surface area contributed by atoms with E-state index in [1.807, 2.05) is 0 Å². The second-order valence-corrected chi connectivity index (χ2v) is 6.13. The summed E-state index contributed by atoms with van der Waals surface area (Å²) in [7, 11) is 0. The molecule has 0 bridgehead atoms. The molecule has 2 heterocycles. The Hall–Kier alpha value is -3.54. The van der Waals surface area contributed by atoms with E-state index in [1.165, 1.54) is 0 Å². The molecule has 138 valence electrons. The third-order valence-electron chi connectivity index (χ3n) is 3.28. The molecular weight excluding hydrogens is 422 g/mol. The Morgan fingerprint density at radius 2 is 1.93 bits per heavy atom. The van der Waals surface area contributed by atoms with Gasteiger partial charge < -0.3 is 9.84 Å². The molecule has 1 aromatic carbocycles. The number of amides is 1. The summed E-state index contributed by atoms with van der Waals surface area (Å²) in [6.45, 7) is 1.68. The van der Waals surface area contributed by atoms with E-state index in [4.69, 9.17) is 4.52 Å². The van der Waals surface area contributed by atoms with Crippen LogP contribution >= 0.6 is 15.9 Å². The molecule has 0 aliphatic rings. The van der Waals surface area contributed by atoms with Crippen LogP contribution in [0.4, 0.5) is 23.1 Å². The third-order valence-corrected chi connectivity index (χ3v) is 3.81. The number of nitrogens with zero attached hydrogens (tertiary/aromatic N) is 4. The van der Waals surface area contributed by atoms with Gasteiger partial charge in [0.05, 0.1) is 4.92 Å². The molecule has 0 aliphatic heterocycles. The van der Waals surface area contributed by atoms with Crippen LogP contribution in [0.15, 0.2) is 45.7 Å². The minimum absolute atomic E-state index is 0.108. The molecule has 3 aromatic rings. The molecule has 3 N–H and O–H groups in total. The van der Waals surface area contributed by atoms with Crippen molar-refractivity contribution in [1.82, 2.24) is 20.6 Å². The Kier molecular flexibility index (Phi) is 5.26. The summed E-state index contributed by atoms with van der Waals surface area (Å²) >= 11 is 3.27. The van der Waals surface area contributed by atoms with Crippen molar-refractivity contribution in [2.75, 3.05) is 10.7 Å². The average molecular weight is 434 g/mol. The quantitative estimate of drug-likeness (QED) is 0.393. The van der Waals surface area contributed by atoms with Crippen LogP contribution in [0, 0.1) is 17.0 Å². The number of nitrogens with one attached hydrogen (secondary N) is 3. The van der Waals surface area contributed by atoms with Gasteiger partial charge in [-0.3, -0.25) is 25.8 Å². The number of halogens is 1. The lowest BCUT2D eigenvalue weighted by atomic mass is 10.2. The number of hydrogen-bond acceptors (Lipinski definition) is 9. The van der Waals surface area contributed by atoms with E-state index in [9.17, 15) is 14.9 Å². The van der Waals surface area contributed by atoms with E-state index in [0.29, 0.717) is 11.3 Å². The van der Waals surface area contributed by atoms with Crippen molar-refractivity contribution in [3.05, 3.63) is 62.6 Å². The van der Waals surface area contributed by atoms with Crippen molar-refractivity contribution in [3.8, 4) is 0 Å². The molecule has 3 rings (SSSR count). The number of nitro groups is 1. The molecule has 0 unspecified atom stereocenters. The maximum atomic E-state index is 12.1. The number of benzene rings is 1. The monoisotopic (exact) mass is 433 g/mol. The molecule has 0 saturated carbocycles. The lowest BCUT2D eigenvalue weighted by Gasteiger charge is -2.10. The average Bonchev–Trinajstić information content (AvgIpc) is 3.05. The zero-order valence-electron chi connectivity index (χ0n) is 13.8. The predicted octanol–water partition coefficient (Wildman–Crippen LogP) is 2.94. The van der Waals surface area contributed by atoms with Gasteiger partial charge in [0.15, 0.2) is 5.82 Å². The van der Waals surface area contributed by atoms with E-state index >= 15 is 0 Å². The van der Waals surface area contributed by atoms with Crippen LogP contribution in [0.25, 0.3) is 0 Å². The minimum atomic E-state index is -0.677. The number of hydrogen-bond donors (Lipinski definition) is 3. The summed E-state index contributed by atoms with van der Waals surface area (Å²) in [6.07, 6.45) is 1.11. The maximum absolute atomic E-state index is 12.1. The van der Waals surface area contributed by atoms with Crippen molar-refractivity contribution < 1.29 is 14.2 Å². The SMILES string of the molecule is Cc1cc(Nc2ncnc(NNC(=O)c3ccc(Br)cc3)c2[N+](=O)[O-])no1. The molecule has 12 heteroatoms. The smallest absolute Gasteiger partial charge is 0.355 e. The number of carbonyl (C=O) groups is 1. The van der Waals surface area contributed by atoms with Gasteiger partial charge >= 0.3 is 5.69 Å². The maximum Gasteiger partial charge on any atom is 0.355 e. The van der Waals surface area contributed by atoms with Gasteiger partial charge in [-0.2, -0.15) is 0 Å². The van der Waals surface area contributed by atoms with E-state index in [1.54, 1.807) is 37.3 Å². The fraction of sp³-hybridized carbons (Fsp3) is 0.0667. The highest BCUT2D eigenvalue weighted by atomic mass is 79.9. The first-order valence-corrected chi connectivity index (χ1v) is 8.25. The molecule has 0 saturated heterocycles. The summed E-state index contributed by atoms with van der Waals surface area (Å²) < 4.78 is 5.72. The van der Waals surface area contributed by atoms with Gasteiger partial charge in [-0.15, -0.1) is 0 Å². The topological polar surface area (TPSA) is 148 Å². The number of hydrazine groups is 1. The third kappa shape index (κ3) is 4.36. The molecule has 27 heavy (non-hydrogen) atoms. The van der Waals surface area contributed by atoms with Crippen LogP contribution in [0.5, 0.6) is 0 Å². The molecule has 0 spiro atoms. The van der Waals surface area contributed by atoms with Crippen molar-refractivity contribution >= 4 is 45.0 Å². The number of aryl methyl sites for hydroxylation is 1. The highest BCUT2D eigenvalue weighted by Crippen LogP contribution is 2.30. The van der Waals surface area contributed by atoms with Crippen LogP contribution in [0.2, 0.25) is 0 Å². The highest BCUT2D eigenvalue weighted by molar-refractivity contribution is 9.10. The zero-order chi connectivity index (χ0) is 19.4. The van der Waals surface area contributed by atoms with Crippen LogP contribution in [-0.4, -0.2) is 26.0 Å². The Labute approximate surface area is 160 Å². The standard InChI is InChI=1S/C15H12BrN7O4/c1-8-6-11(22-27-8)19-13-12(23(25)26)14(18-7-17-13)20-21-15(24)9-2-4-10(16)5-3-9/h2-7H,1H3,(H,21,24)(H2,17,18,19,20,22). The van der Waals surface area contributed by atoms with Crippen molar-refractivity contribution in [1.29, 1.82) is 0 Å². The molecule has 1 amide bonds. The largest absolute Gasteiger partial charge is 0.360 e. The second kappa shape index (κ2) is 7.78. The number of carbonyl (C=O) groups excluding carboxylic acids is 1. The Morgan fingerprint density at radius 3 is 2.56 bits per heavy atom. The van der Waals surface area contributed by atoms with E-state index in [0.717, 1.165) is 10.8 Å². The molecule has 0 fully saturated rings. The minimum Gasteiger partial charge on any atom is -0.360 e. The van der Waals surface area contributed by atoms with Crippen molar-refractivity contribution in [2.45, 2.75) is 6.92 Å². The van der Waals surface area contributed by atoms with Crippen molar-refractivity contribution in [3.63, 3.8) is 0 Å². The number of rotatable bonds is 6. The van der Waals surface area contributed by atoms with Gasteiger partial charge in [0.25, 0.3) is 5.91 Å². The van der Waals surface area contributed by atoms with Crippen LogP contribution in [0.1, 0.15) is 16.1 Å². The molecule has 2 aromatic heterocycles. The van der Waals surface area contributed by atoms with Crippen LogP contribution in [0.3, 0.4) is 0 Å². The Balaban J connectivity index is 1.80. The predicted molar refractivity (Wildman–Crippen MR) is 98.4 cm³/mol. The van der Waals surface area contributed by atoms with Crippen LogP contribution in [-0.2, 0) is 0 Å². The first-order chi connectivity index (χ1) is 12.9. The van der Waals surface area contributed by atoms with Gasteiger partial charge in [0.2, 0.25) is 11.6 Å². The molecular formula is C15H12BrN7O4. The normalized spacial score (nSPS) is 10.3. The summed E-state index contributed by atoms with van der Waals surface area (Å²) in [6, 6.07) is 8.13. The van der Waals surface area contributed by atoms with Crippen molar-refractivity contribution in [2.24, 2.45) is 0 Å². The summed E-state index contributed by atoms with van der Waals surface area (Å²) in [5.74, 6) is -0.0163. The van der Waals surface area contributed by atoms with E-state index in [2.05, 4.69) is 47.2 Å². The number of anilines is 3. The molecule has 0 radical (unpaired) electrons. The lowest BCUT2D eigenvalue weighted by Crippen LogP contribution is -2.30. The van der Waals surface area contributed by atoms with Gasteiger partial charge in [-0.1, -0.05) is 21.1 Å². The molecule has 0 aliphatic carbocycles. The van der Waals surface area contributed by atoms with E-state index in [-0.39, 0.29) is 17.5 Å². The van der Waals surface area contributed by atoms with Gasteiger partial charge in [0, 0.05) is 16.1 Å². The fourth-order valence-electron chi connectivity index (χ4n) is 2.07. The van der Waals surface area contributed by atoms with Gasteiger partial charge in [-0.05, 0) is 31.2 Å². The van der Waals surface area contributed by atoms with Gasteiger partial charge in [-0.25, -0.2) is 9.97 Å². The molecule has 0 atom stereocenters. The number of aromatic nitrogens is 3. The highest BCUT2D eigenvalue weighted by Gasteiger charge is 2.24. The lowest BCUT2D eigenvalue weighted by molar-refractivity contribution is -0.383. The Bertz CT molecular complexity index is 990. The summed E-state index contributed by atoms with van der Waals surface area (Å²) in [5, 5.41) is 17.9. The van der Waals surface area contributed by atoms with Gasteiger partial charge in [0.1, 0.15) is 12.1 Å². The zero-order valence-corrected chi connectivity index (χ0v) is 15.3. The summed E-state index contributed by atoms with van der Waals surface area (Å²) in [4.78, 5) is 30.6. The molecule has 11 nitrogen and oxygen atoms in total. The fourth-order valence-corrected chi connectivity index (χ4v) is 2.34. The van der Waals surface area contributed by atoms with Crippen LogP contribution < -0.4 is 16.2 Å². The summed E-state index contributed by atoms with van der Waals surface area (Å²) in [5.41, 5.74) is 4.71. The first-order valence-electron chi connectivity index (χ1n) is 7.45. The Morgan fingerprint density at radius 1 is 1.22 bits per heavy atom. The van der Waals surface area contributed by atoms with E-state index < -0.39 is 16.5 Å². The first kappa shape index (κ1) is 18.3.